The third-order valence-corrected chi connectivity index (χ3v) is 8.44. The Hall–Kier alpha value is -3.07. The highest BCUT2D eigenvalue weighted by Gasteiger charge is 2.37. The molecule has 1 heterocycles. The molecule has 1 fully saturated rings. The van der Waals surface area contributed by atoms with Gasteiger partial charge in [0.2, 0.25) is 10.0 Å². The number of rotatable bonds is 7. The summed E-state index contributed by atoms with van der Waals surface area (Å²) in [5.74, 6) is -0.229. The standard InChI is InChI=1S/C31H23Cl3N2O3S2/c1-19(21-8-3-2-4-9-21)36-28(38)26(41-30(36)40)18-20-14-16-23(17-15-20)39-29(31(32,33)34)35-27(37)25-13-7-11-22-10-5-6-12-24(22)25/h2-19,29H,1H3,(H,35,37)/b26-18-/t19-,29-/m1/s1. The second-order valence-electron chi connectivity index (χ2n) is 9.25. The zero-order chi connectivity index (χ0) is 29.1. The molecular weight excluding hydrogens is 619 g/mol. The summed E-state index contributed by atoms with van der Waals surface area (Å²) in [5, 5.41) is 4.37. The average molecular weight is 642 g/mol. The predicted molar refractivity (Wildman–Crippen MR) is 172 cm³/mol. The van der Waals surface area contributed by atoms with Crippen molar-refractivity contribution in [1.82, 2.24) is 10.2 Å². The Morgan fingerprint density at radius 3 is 2.32 bits per heavy atom. The van der Waals surface area contributed by atoms with Crippen LogP contribution in [0.1, 0.15) is 34.5 Å². The first-order valence-electron chi connectivity index (χ1n) is 12.6. The van der Waals surface area contributed by atoms with Gasteiger partial charge in [-0.1, -0.05) is 138 Å². The van der Waals surface area contributed by atoms with Crippen molar-refractivity contribution < 1.29 is 14.3 Å². The lowest BCUT2D eigenvalue weighted by molar-refractivity contribution is -0.123. The minimum absolute atomic E-state index is 0.149. The zero-order valence-electron chi connectivity index (χ0n) is 21.6. The van der Waals surface area contributed by atoms with E-state index in [1.165, 1.54) is 11.8 Å². The smallest absolute Gasteiger partial charge is 0.266 e. The molecule has 0 saturated carbocycles. The number of nitrogens with zero attached hydrogens (tertiary/aromatic N) is 1. The predicted octanol–water partition coefficient (Wildman–Crippen LogP) is 8.31. The van der Waals surface area contributed by atoms with Crippen molar-refractivity contribution in [2.45, 2.75) is 23.0 Å². The van der Waals surface area contributed by atoms with Crippen LogP contribution in [0.4, 0.5) is 0 Å². The summed E-state index contributed by atoms with van der Waals surface area (Å²) in [5.41, 5.74) is 2.19. The molecule has 2 amide bonds. The normalized spacial score (nSPS) is 16.2. The van der Waals surface area contributed by atoms with E-state index in [1.807, 2.05) is 67.6 Å². The van der Waals surface area contributed by atoms with Gasteiger partial charge in [-0.05, 0) is 53.1 Å². The SMILES string of the molecule is C[C@H](c1ccccc1)N1C(=O)/C(=C/c2ccc(O[C@@H](NC(=O)c3cccc4ccccc34)C(Cl)(Cl)Cl)cc2)SC1=S. The molecule has 10 heteroatoms. The zero-order valence-corrected chi connectivity index (χ0v) is 25.5. The van der Waals surface area contributed by atoms with Gasteiger partial charge in [0, 0.05) is 5.56 Å². The number of halogens is 3. The Balaban J connectivity index is 1.30. The number of thiocarbonyl (C=S) groups is 1. The lowest BCUT2D eigenvalue weighted by Crippen LogP contribution is -2.47. The Bertz CT molecular complexity index is 1640. The summed E-state index contributed by atoms with van der Waals surface area (Å²) in [4.78, 5) is 28.5. The van der Waals surface area contributed by atoms with Crippen molar-refractivity contribution in [3.05, 3.63) is 119 Å². The Kier molecular flexibility index (Phi) is 8.92. The van der Waals surface area contributed by atoms with Gasteiger partial charge in [0.1, 0.15) is 10.1 Å². The molecule has 1 aliphatic rings. The summed E-state index contributed by atoms with van der Waals surface area (Å²) < 4.78 is 4.44. The molecule has 1 saturated heterocycles. The number of hydrogen-bond acceptors (Lipinski definition) is 5. The number of carbonyl (C=O) groups excluding carboxylic acids is 2. The number of hydrogen-bond donors (Lipinski definition) is 1. The Morgan fingerprint density at radius 2 is 1.61 bits per heavy atom. The van der Waals surface area contributed by atoms with Gasteiger partial charge < -0.3 is 10.1 Å². The lowest BCUT2D eigenvalue weighted by Gasteiger charge is -2.26. The Labute approximate surface area is 262 Å². The van der Waals surface area contributed by atoms with Gasteiger partial charge in [0.15, 0.2) is 0 Å². The molecule has 0 unspecified atom stereocenters. The van der Waals surface area contributed by atoms with Gasteiger partial charge in [0.05, 0.1) is 10.9 Å². The molecule has 2 atom stereocenters. The van der Waals surface area contributed by atoms with Crippen LogP contribution in [-0.4, -0.2) is 31.1 Å². The summed E-state index contributed by atoms with van der Waals surface area (Å²) in [6.45, 7) is 1.95. The van der Waals surface area contributed by atoms with E-state index >= 15 is 0 Å². The fourth-order valence-electron chi connectivity index (χ4n) is 4.42. The van der Waals surface area contributed by atoms with Gasteiger partial charge in [-0.15, -0.1) is 0 Å². The van der Waals surface area contributed by atoms with Crippen LogP contribution in [0.2, 0.25) is 0 Å². The highest BCUT2D eigenvalue weighted by molar-refractivity contribution is 8.26. The van der Waals surface area contributed by atoms with Crippen LogP contribution < -0.4 is 10.1 Å². The van der Waals surface area contributed by atoms with Crippen LogP contribution in [0.15, 0.2) is 102 Å². The first-order valence-corrected chi connectivity index (χ1v) is 14.9. The van der Waals surface area contributed by atoms with E-state index < -0.39 is 15.9 Å². The quantitative estimate of drug-likeness (QED) is 0.0952. The number of ether oxygens (including phenoxy) is 1. The van der Waals surface area contributed by atoms with Crippen molar-refractivity contribution in [3.8, 4) is 5.75 Å². The maximum Gasteiger partial charge on any atom is 0.266 e. The maximum atomic E-state index is 13.2. The van der Waals surface area contributed by atoms with Crippen LogP contribution in [0.25, 0.3) is 16.8 Å². The molecule has 0 aromatic heterocycles. The summed E-state index contributed by atoms with van der Waals surface area (Å²) in [6, 6.07) is 29.4. The second kappa shape index (κ2) is 12.4. The van der Waals surface area contributed by atoms with Crippen LogP contribution in [0.3, 0.4) is 0 Å². The topological polar surface area (TPSA) is 58.6 Å². The minimum atomic E-state index is -1.96. The van der Waals surface area contributed by atoms with Crippen LogP contribution in [0.5, 0.6) is 5.75 Å². The fourth-order valence-corrected chi connectivity index (χ4v) is 6.14. The molecule has 1 aliphatic heterocycles. The highest BCUT2D eigenvalue weighted by Crippen LogP contribution is 2.38. The number of thioether (sulfide) groups is 1. The number of fused-ring (bicyclic) bond motifs is 1. The van der Waals surface area contributed by atoms with E-state index in [4.69, 9.17) is 51.8 Å². The van der Waals surface area contributed by atoms with Gasteiger partial charge in [-0.2, -0.15) is 0 Å². The molecule has 4 aromatic carbocycles. The third kappa shape index (κ3) is 6.71. The molecule has 0 bridgehead atoms. The highest BCUT2D eigenvalue weighted by atomic mass is 35.6. The van der Waals surface area contributed by atoms with Gasteiger partial charge in [-0.25, -0.2) is 0 Å². The van der Waals surface area contributed by atoms with Crippen molar-refractivity contribution in [2.75, 3.05) is 0 Å². The molecule has 1 N–H and O–H groups in total. The monoisotopic (exact) mass is 640 g/mol. The number of alkyl halides is 3. The molecule has 5 nitrogen and oxygen atoms in total. The van der Waals surface area contributed by atoms with Crippen LogP contribution in [-0.2, 0) is 4.79 Å². The van der Waals surface area contributed by atoms with Gasteiger partial charge in [-0.3, -0.25) is 14.5 Å². The maximum absolute atomic E-state index is 13.2. The molecule has 0 radical (unpaired) electrons. The summed E-state index contributed by atoms with van der Waals surface area (Å²) in [7, 11) is 0. The average Bonchev–Trinajstić information content (AvgIpc) is 3.24. The van der Waals surface area contributed by atoms with Crippen molar-refractivity contribution >= 4 is 91.8 Å². The number of amides is 2. The van der Waals surface area contributed by atoms with Gasteiger partial charge in [0.25, 0.3) is 11.8 Å². The van der Waals surface area contributed by atoms with Crippen LogP contribution >= 0.6 is 58.8 Å². The van der Waals surface area contributed by atoms with E-state index in [0.717, 1.165) is 21.9 Å². The van der Waals surface area contributed by atoms with E-state index in [2.05, 4.69) is 5.32 Å². The molecule has 4 aromatic rings. The molecule has 41 heavy (non-hydrogen) atoms. The first kappa shape index (κ1) is 29.4. The van der Waals surface area contributed by atoms with E-state index in [1.54, 1.807) is 47.4 Å². The first-order chi connectivity index (χ1) is 19.6. The van der Waals surface area contributed by atoms with E-state index in [9.17, 15) is 9.59 Å². The number of benzene rings is 4. The van der Waals surface area contributed by atoms with Crippen molar-refractivity contribution in [3.63, 3.8) is 0 Å². The molecule has 0 aliphatic carbocycles. The Morgan fingerprint density at radius 1 is 0.951 bits per heavy atom. The lowest BCUT2D eigenvalue weighted by atomic mass is 10.0. The third-order valence-electron chi connectivity index (χ3n) is 6.52. The molecule has 5 rings (SSSR count). The van der Waals surface area contributed by atoms with Gasteiger partial charge >= 0.3 is 0 Å². The van der Waals surface area contributed by atoms with Crippen molar-refractivity contribution in [2.24, 2.45) is 0 Å². The molecular formula is C31H23Cl3N2O3S2. The van der Waals surface area contributed by atoms with E-state index in [-0.39, 0.29) is 11.9 Å². The summed E-state index contributed by atoms with van der Waals surface area (Å²) in [6.07, 6.45) is 0.496. The minimum Gasteiger partial charge on any atom is -0.466 e. The summed E-state index contributed by atoms with van der Waals surface area (Å²) >= 11 is 25.3. The fraction of sp³-hybridized carbons (Fsp3) is 0.129. The van der Waals surface area contributed by atoms with Crippen LogP contribution in [0, 0.1) is 0 Å². The largest absolute Gasteiger partial charge is 0.466 e. The molecule has 208 valence electrons. The second-order valence-corrected chi connectivity index (χ2v) is 13.3. The van der Waals surface area contributed by atoms with Crippen molar-refractivity contribution in [1.29, 1.82) is 0 Å². The number of nitrogens with one attached hydrogen (secondary N) is 1. The van der Waals surface area contributed by atoms with E-state index in [0.29, 0.717) is 20.5 Å². The number of carbonyl (C=O) groups is 2. The molecule has 0 spiro atoms.